The lowest BCUT2D eigenvalue weighted by molar-refractivity contribution is -0.131. The summed E-state index contributed by atoms with van der Waals surface area (Å²) in [5.74, 6) is 1.10. The molecule has 1 saturated carbocycles. The van der Waals surface area contributed by atoms with Crippen LogP contribution in [0.15, 0.2) is 0 Å². The van der Waals surface area contributed by atoms with Crippen LogP contribution in [-0.4, -0.2) is 37.0 Å². The quantitative estimate of drug-likeness (QED) is 0.639. The Bertz CT molecular complexity index is 193. The van der Waals surface area contributed by atoms with Gasteiger partial charge in [-0.05, 0) is 32.2 Å². The summed E-state index contributed by atoms with van der Waals surface area (Å²) < 4.78 is 0. The molecule has 1 aliphatic carbocycles. The van der Waals surface area contributed by atoms with E-state index in [9.17, 15) is 4.79 Å². The molecule has 2 unspecified atom stereocenters. The molecule has 0 radical (unpaired) electrons. The summed E-state index contributed by atoms with van der Waals surface area (Å²) in [5.41, 5.74) is 0. The number of likely N-dealkylation sites (tertiary alicyclic amines) is 1. The lowest BCUT2D eigenvalue weighted by atomic mass is 10.1. The van der Waals surface area contributed by atoms with Gasteiger partial charge in [0.25, 0.3) is 0 Å². The summed E-state index contributed by atoms with van der Waals surface area (Å²) in [4.78, 5) is 13.6. The minimum Gasteiger partial charge on any atom is -0.338 e. The zero-order valence-corrected chi connectivity index (χ0v) is 7.55. The molecule has 1 aliphatic heterocycles. The van der Waals surface area contributed by atoms with Crippen molar-refractivity contribution in [2.45, 2.75) is 25.3 Å². The second kappa shape index (κ2) is 3.05. The summed E-state index contributed by atoms with van der Waals surface area (Å²) in [6, 6.07) is 0.579. The number of carbonyl (C=O) groups excluding carboxylic acids is 1. The van der Waals surface area contributed by atoms with Gasteiger partial charge in [0.05, 0.1) is 6.54 Å². The van der Waals surface area contributed by atoms with Gasteiger partial charge in [0.1, 0.15) is 0 Å². The van der Waals surface area contributed by atoms with Gasteiger partial charge < -0.3 is 10.2 Å². The smallest absolute Gasteiger partial charge is 0.236 e. The molecule has 1 heterocycles. The Morgan fingerprint density at radius 3 is 2.92 bits per heavy atom. The predicted octanol–water partition coefficient (Wildman–Crippen LogP) is 0.217. The Morgan fingerprint density at radius 2 is 2.42 bits per heavy atom. The second-order valence-corrected chi connectivity index (χ2v) is 3.91. The molecule has 2 fully saturated rings. The van der Waals surface area contributed by atoms with Crippen molar-refractivity contribution in [2.75, 3.05) is 20.1 Å². The van der Waals surface area contributed by atoms with Crippen LogP contribution in [0, 0.1) is 5.92 Å². The normalized spacial score (nSPS) is 32.9. The molecular weight excluding hydrogens is 152 g/mol. The van der Waals surface area contributed by atoms with Crippen LogP contribution in [0.1, 0.15) is 19.3 Å². The van der Waals surface area contributed by atoms with E-state index in [0.717, 1.165) is 12.5 Å². The number of fused-ring (bicyclic) bond motifs is 2. The summed E-state index contributed by atoms with van der Waals surface area (Å²) in [6.45, 7) is 1.52. The first-order chi connectivity index (χ1) is 5.81. The summed E-state index contributed by atoms with van der Waals surface area (Å²) >= 11 is 0. The van der Waals surface area contributed by atoms with Crippen LogP contribution in [0.25, 0.3) is 0 Å². The standard InChI is InChI=1S/C9H16N2O/c1-10-5-9(12)11-6-7-2-3-8(11)4-7/h7-8,10H,2-6H2,1H3. The maximum absolute atomic E-state index is 11.5. The van der Waals surface area contributed by atoms with Crippen molar-refractivity contribution in [3.8, 4) is 0 Å². The van der Waals surface area contributed by atoms with E-state index in [1.54, 1.807) is 0 Å². The van der Waals surface area contributed by atoms with E-state index < -0.39 is 0 Å². The molecule has 2 aliphatic rings. The molecule has 12 heavy (non-hydrogen) atoms. The van der Waals surface area contributed by atoms with Gasteiger partial charge in [0.15, 0.2) is 0 Å². The fraction of sp³-hybridized carbons (Fsp3) is 0.889. The zero-order chi connectivity index (χ0) is 8.55. The van der Waals surface area contributed by atoms with Crippen LogP contribution in [0.2, 0.25) is 0 Å². The van der Waals surface area contributed by atoms with E-state index in [1.165, 1.54) is 19.3 Å². The predicted molar refractivity (Wildman–Crippen MR) is 46.8 cm³/mol. The Morgan fingerprint density at radius 1 is 1.58 bits per heavy atom. The number of likely N-dealkylation sites (N-methyl/N-ethyl adjacent to an activating group) is 1. The fourth-order valence-corrected chi connectivity index (χ4v) is 2.48. The molecule has 1 saturated heterocycles. The molecule has 0 aromatic rings. The van der Waals surface area contributed by atoms with Gasteiger partial charge in [0, 0.05) is 12.6 Å². The molecule has 1 amide bonds. The first kappa shape index (κ1) is 8.05. The molecule has 0 spiro atoms. The number of hydrogen-bond donors (Lipinski definition) is 1. The van der Waals surface area contributed by atoms with Gasteiger partial charge in [-0.25, -0.2) is 0 Å². The van der Waals surface area contributed by atoms with Gasteiger partial charge >= 0.3 is 0 Å². The minimum atomic E-state index is 0.282. The maximum atomic E-state index is 11.5. The fourth-order valence-electron chi connectivity index (χ4n) is 2.48. The Balaban J connectivity index is 1.93. The SMILES string of the molecule is CNCC(=O)N1CC2CCC1C2. The van der Waals surface area contributed by atoms with Crippen molar-refractivity contribution in [3.63, 3.8) is 0 Å². The maximum Gasteiger partial charge on any atom is 0.236 e. The molecule has 3 nitrogen and oxygen atoms in total. The number of nitrogens with zero attached hydrogens (tertiary/aromatic N) is 1. The highest BCUT2D eigenvalue weighted by molar-refractivity contribution is 5.79. The number of rotatable bonds is 2. The van der Waals surface area contributed by atoms with Crippen molar-refractivity contribution in [2.24, 2.45) is 5.92 Å². The van der Waals surface area contributed by atoms with E-state index in [-0.39, 0.29) is 5.91 Å². The van der Waals surface area contributed by atoms with Crippen molar-refractivity contribution in [1.29, 1.82) is 0 Å². The van der Waals surface area contributed by atoms with Crippen molar-refractivity contribution in [3.05, 3.63) is 0 Å². The molecule has 3 heteroatoms. The van der Waals surface area contributed by atoms with Crippen LogP contribution >= 0.6 is 0 Å². The van der Waals surface area contributed by atoms with E-state index in [4.69, 9.17) is 0 Å². The Labute approximate surface area is 73.1 Å². The van der Waals surface area contributed by atoms with Crippen LogP contribution in [0.3, 0.4) is 0 Å². The molecule has 0 aromatic carbocycles. The highest BCUT2D eigenvalue weighted by Gasteiger charge is 2.39. The third-order valence-electron chi connectivity index (χ3n) is 3.06. The first-order valence-electron chi connectivity index (χ1n) is 4.75. The van der Waals surface area contributed by atoms with Crippen molar-refractivity contribution < 1.29 is 4.79 Å². The first-order valence-corrected chi connectivity index (χ1v) is 4.75. The largest absolute Gasteiger partial charge is 0.338 e. The number of nitrogens with one attached hydrogen (secondary N) is 1. The summed E-state index contributed by atoms with van der Waals surface area (Å²) in [5, 5.41) is 2.91. The van der Waals surface area contributed by atoms with Gasteiger partial charge in [-0.3, -0.25) is 4.79 Å². The number of hydrogen-bond acceptors (Lipinski definition) is 2. The van der Waals surface area contributed by atoms with Crippen LogP contribution in [-0.2, 0) is 4.79 Å². The summed E-state index contributed by atoms with van der Waals surface area (Å²) in [6.07, 6.45) is 3.84. The summed E-state index contributed by atoms with van der Waals surface area (Å²) in [7, 11) is 1.83. The van der Waals surface area contributed by atoms with Gasteiger partial charge in [-0.15, -0.1) is 0 Å². The lowest BCUT2D eigenvalue weighted by Gasteiger charge is -2.26. The van der Waals surface area contributed by atoms with Crippen LogP contribution in [0.5, 0.6) is 0 Å². The third-order valence-corrected chi connectivity index (χ3v) is 3.06. The van der Waals surface area contributed by atoms with Gasteiger partial charge in [-0.1, -0.05) is 0 Å². The van der Waals surface area contributed by atoms with Crippen molar-refractivity contribution >= 4 is 5.91 Å². The zero-order valence-electron chi connectivity index (χ0n) is 7.55. The average Bonchev–Trinajstić information content (AvgIpc) is 2.64. The highest BCUT2D eigenvalue weighted by atomic mass is 16.2. The number of piperidine rings is 1. The number of amides is 1. The molecular formula is C9H16N2O. The molecule has 1 N–H and O–H groups in total. The van der Waals surface area contributed by atoms with Gasteiger partial charge in [-0.2, -0.15) is 0 Å². The monoisotopic (exact) mass is 168 g/mol. The topological polar surface area (TPSA) is 32.3 Å². The van der Waals surface area contributed by atoms with Crippen molar-refractivity contribution in [1.82, 2.24) is 10.2 Å². The molecule has 0 aromatic heterocycles. The minimum absolute atomic E-state index is 0.282. The van der Waals surface area contributed by atoms with Crippen LogP contribution < -0.4 is 5.32 Å². The van der Waals surface area contributed by atoms with Gasteiger partial charge in [0.2, 0.25) is 5.91 Å². The highest BCUT2D eigenvalue weighted by Crippen LogP contribution is 2.37. The molecule has 2 rings (SSSR count). The second-order valence-electron chi connectivity index (χ2n) is 3.91. The van der Waals surface area contributed by atoms with Crippen LogP contribution in [0.4, 0.5) is 0 Å². The third kappa shape index (κ3) is 1.22. The van der Waals surface area contributed by atoms with E-state index >= 15 is 0 Å². The molecule has 2 atom stereocenters. The molecule has 2 bridgehead atoms. The van der Waals surface area contributed by atoms with E-state index in [2.05, 4.69) is 10.2 Å². The molecule has 68 valence electrons. The Hall–Kier alpha value is -0.570. The van der Waals surface area contributed by atoms with E-state index in [1.807, 2.05) is 7.05 Å². The number of carbonyl (C=O) groups is 1. The average molecular weight is 168 g/mol. The Kier molecular flexibility index (Phi) is 2.05. The lowest BCUT2D eigenvalue weighted by Crippen LogP contribution is -2.41. The van der Waals surface area contributed by atoms with E-state index in [0.29, 0.717) is 12.6 Å².